The molecule has 1 aromatic carbocycles. The Labute approximate surface area is 111 Å². The van der Waals surface area contributed by atoms with E-state index in [0.717, 1.165) is 5.56 Å². The Morgan fingerprint density at radius 2 is 1.84 bits per heavy atom. The van der Waals surface area contributed by atoms with E-state index in [4.69, 9.17) is 0 Å². The van der Waals surface area contributed by atoms with E-state index in [1.165, 1.54) is 0 Å². The molecule has 1 heterocycles. The largest absolute Gasteiger partial charge is 0.443 e. The van der Waals surface area contributed by atoms with Crippen LogP contribution in [0.25, 0.3) is 0 Å². The molecule has 19 heavy (non-hydrogen) atoms. The van der Waals surface area contributed by atoms with E-state index in [1.54, 1.807) is 12.1 Å². The van der Waals surface area contributed by atoms with Crippen molar-refractivity contribution in [3.63, 3.8) is 0 Å². The van der Waals surface area contributed by atoms with Crippen LogP contribution in [-0.4, -0.2) is 18.6 Å². The molecule has 0 radical (unpaired) electrons. The maximum atomic E-state index is 13.7. The topological polar surface area (TPSA) is 38.3 Å². The smallest absolute Gasteiger partial charge is 0.408 e. The van der Waals surface area contributed by atoms with Gasteiger partial charge in [-0.3, -0.25) is 0 Å². The van der Waals surface area contributed by atoms with Crippen molar-refractivity contribution in [2.45, 2.75) is 38.2 Å². The number of nitrogens with one attached hydrogen (secondary N) is 1. The average molecular weight is 269 g/mol. The summed E-state index contributed by atoms with van der Waals surface area (Å²) in [6, 6.07) is 5.55. The molecule has 0 bridgehead atoms. The fraction of sp³-hybridized carbons (Fsp3) is 0.500. The van der Waals surface area contributed by atoms with Crippen molar-refractivity contribution in [2.24, 2.45) is 0 Å². The summed E-state index contributed by atoms with van der Waals surface area (Å²) in [4.78, 5) is 11.1. The van der Waals surface area contributed by atoms with Crippen LogP contribution in [0.3, 0.4) is 0 Å². The minimum absolute atomic E-state index is 0.0417. The van der Waals surface area contributed by atoms with Crippen molar-refractivity contribution in [2.75, 3.05) is 6.61 Å². The molecule has 3 nitrogen and oxygen atoms in total. The van der Waals surface area contributed by atoms with E-state index in [9.17, 15) is 13.6 Å². The molecule has 0 spiro atoms. The molecule has 2 rings (SSSR count). The van der Waals surface area contributed by atoms with Gasteiger partial charge in [-0.25, -0.2) is 13.6 Å². The second kappa shape index (κ2) is 4.47. The minimum Gasteiger partial charge on any atom is -0.443 e. The van der Waals surface area contributed by atoms with Crippen LogP contribution in [0.5, 0.6) is 0 Å². The number of hydrogen-bond acceptors (Lipinski definition) is 2. The molecule has 1 aliphatic heterocycles. The number of benzene rings is 1. The summed E-state index contributed by atoms with van der Waals surface area (Å²) in [5, 5.41) is 2.17. The molecule has 5 heteroatoms. The van der Waals surface area contributed by atoms with Crippen molar-refractivity contribution in [3.8, 4) is 0 Å². The maximum absolute atomic E-state index is 13.7. The number of carbonyl (C=O) groups is 1. The highest BCUT2D eigenvalue weighted by Gasteiger charge is 2.46. The molecule has 104 valence electrons. The maximum Gasteiger partial charge on any atom is 0.408 e. The zero-order valence-corrected chi connectivity index (χ0v) is 11.2. The average Bonchev–Trinajstić information content (AvgIpc) is 2.31. The molecule has 1 aliphatic rings. The normalized spacial score (nSPS) is 22.6. The standard InChI is InChI=1S/C14H17F2NO2/c1-13(2,3)10-6-4-9(5-7-10)11-14(15,16)8-19-12(18)17-11/h4-7,11H,8H2,1-3H3,(H,17,18)/t11-/m0/s1. The molecule has 0 aromatic heterocycles. The Morgan fingerprint density at radius 3 is 2.37 bits per heavy atom. The Kier molecular flexibility index (Phi) is 3.24. The number of rotatable bonds is 1. The summed E-state index contributed by atoms with van der Waals surface area (Å²) < 4.78 is 31.8. The highest BCUT2D eigenvalue weighted by atomic mass is 19.3. The first-order valence-electron chi connectivity index (χ1n) is 6.12. The minimum atomic E-state index is -3.10. The van der Waals surface area contributed by atoms with Crippen molar-refractivity contribution >= 4 is 6.09 Å². The second-order valence-electron chi connectivity index (χ2n) is 5.79. The Hall–Kier alpha value is -1.65. The number of ether oxygens (including phenoxy) is 1. The fourth-order valence-electron chi connectivity index (χ4n) is 2.01. The molecule has 0 aliphatic carbocycles. The number of alkyl carbamates (subject to hydrolysis) is 1. The molecule has 1 aromatic rings. The number of carbonyl (C=O) groups excluding carboxylic acids is 1. The van der Waals surface area contributed by atoms with Crippen LogP contribution < -0.4 is 5.32 Å². The highest BCUT2D eigenvalue weighted by molar-refractivity contribution is 5.69. The lowest BCUT2D eigenvalue weighted by Crippen LogP contribution is -2.49. The molecule has 1 amide bonds. The van der Waals surface area contributed by atoms with Gasteiger partial charge in [-0.1, -0.05) is 45.0 Å². The first kappa shape index (κ1) is 13.8. The SMILES string of the molecule is CC(C)(C)c1ccc([C@@H]2NC(=O)OCC2(F)F)cc1. The van der Waals surface area contributed by atoms with Crippen LogP contribution in [0.15, 0.2) is 24.3 Å². The molecule has 0 unspecified atom stereocenters. The van der Waals surface area contributed by atoms with E-state index in [-0.39, 0.29) is 5.41 Å². The Balaban J connectivity index is 2.28. The molecule has 1 saturated heterocycles. The monoisotopic (exact) mass is 269 g/mol. The van der Waals surface area contributed by atoms with Crippen LogP contribution in [0.2, 0.25) is 0 Å². The van der Waals surface area contributed by atoms with Gasteiger partial charge in [0.1, 0.15) is 6.04 Å². The van der Waals surface area contributed by atoms with Gasteiger partial charge in [0.25, 0.3) is 0 Å². The van der Waals surface area contributed by atoms with Crippen molar-refractivity contribution in [1.82, 2.24) is 5.32 Å². The first-order chi connectivity index (χ1) is 8.70. The third kappa shape index (κ3) is 2.85. The summed E-state index contributed by atoms with van der Waals surface area (Å²) in [5.41, 5.74) is 1.40. The van der Waals surface area contributed by atoms with Gasteiger partial charge < -0.3 is 10.1 Å². The lowest BCUT2D eigenvalue weighted by molar-refractivity contribution is -0.104. The van der Waals surface area contributed by atoms with Gasteiger partial charge in [-0.15, -0.1) is 0 Å². The summed E-state index contributed by atoms with van der Waals surface area (Å²) in [6.45, 7) is 5.26. The lowest BCUT2D eigenvalue weighted by atomic mass is 9.86. The zero-order chi connectivity index (χ0) is 14.3. The second-order valence-corrected chi connectivity index (χ2v) is 5.79. The predicted molar refractivity (Wildman–Crippen MR) is 67.3 cm³/mol. The zero-order valence-electron chi connectivity index (χ0n) is 11.2. The van der Waals surface area contributed by atoms with Crippen LogP contribution in [0, 0.1) is 0 Å². The summed E-state index contributed by atoms with van der Waals surface area (Å²) >= 11 is 0. The van der Waals surface area contributed by atoms with E-state index >= 15 is 0 Å². The Morgan fingerprint density at radius 1 is 1.26 bits per heavy atom. The highest BCUT2D eigenvalue weighted by Crippen LogP contribution is 2.35. The van der Waals surface area contributed by atoms with E-state index in [0.29, 0.717) is 5.56 Å². The predicted octanol–water partition coefficient (Wildman–Crippen LogP) is 3.40. The van der Waals surface area contributed by atoms with E-state index < -0.39 is 24.7 Å². The van der Waals surface area contributed by atoms with Gasteiger partial charge in [0.2, 0.25) is 0 Å². The van der Waals surface area contributed by atoms with Gasteiger partial charge in [0, 0.05) is 0 Å². The molecule has 1 fully saturated rings. The summed E-state index contributed by atoms with van der Waals surface area (Å²) in [6.07, 6.45) is -0.809. The quantitative estimate of drug-likeness (QED) is 0.848. The number of cyclic esters (lactones) is 1. The number of alkyl halides is 2. The van der Waals surface area contributed by atoms with Crippen molar-refractivity contribution < 1.29 is 18.3 Å². The third-order valence-electron chi connectivity index (χ3n) is 3.19. The lowest BCUT2D eigenvalue weighted by Gasteiger charge is -2.32. The van der Waals surface area contributed by atoms with E-state index in [1.807, 2.05) is 32.9 Å². The van der Waals surface area contributed by atoms with Gasteiger partial charge >= 0.3 is 12.0 Å². The van der Waals surface area contributed by atoms with Crippen LogP contribution in [0.1, 0.15) is 37.9 Å². The van der Waals surface area contributed by atoms with Crippen molar-refractivity contribution in [1.29, 1.82) is 0 Å². The number of halogens is 2. The molecule has 1 atom stereocenters. The van der Waals surface area contributed by atoms with Crippen molar-refractivity contribution in [3.05, 3.63) is 35.4 Å². The van der Waals surface area contributed by atoms with Crippen LogP contribution in [-0.2, 0) is 10.2 Å². The number of amides is 1. The fourth-order valence-corrected chi connectivity index (χ4v) is 2.01. The van der Waals surface area contributed by atoms with Gasteiger partial charge in [-0.05, 0) is 16.5 Å². The molecule has 0 saturated carbocycles. The summed E-state index contributed by atoms with van der Waals surface area (Å²) in [5.74, 6) is -3.10. The van der Waals surface area contributed by atoms with Gasteiger partial charge in [-0.2, -0.15) is 0 Å². The molecule has 1 N–H and O–H groups in total. The van der Waals surface area contributed by atoms with E-state index in [2.05, 4.69) is 10.1 Å². The molecular weight excluding hydrogens is 252 g/mol. The van der Waals surface area contributed by atoms with Gasteiger partial charge in [0.15, 0.2) is 6.61 Å². The summed E-state index contributed by atoms with van der Waals surface area (Å²) in [7, 11) is 0. The Bertz CT molecular complexity index is 477. The number of hydrogen-bond donors (Lipinski definition) is 1. The van der Waals surface area contributed by atoms with Gasteiger partial charge in [0.05, 0.1) is 0 Å². The molecular formula is C14H17F2NO2. The third-order valence-corrected chi connectivity index (χ3v) is 3.19. The first-order valence-corrected chi connectivity index (χ1v) is 6.12. The van der Waals surface area contributed by atoms with Crippen LogP contribution in [0.4, 0.5) is 13.6 Å². The van der Waals surface area contributed by atoms with Crippen LogP contribution >= 0.6 is 0 Å².